The molecule has 0 radical (unpaired) electrons. The number of hydrogen-bond acceptors (Lipinski definition) is 3. The highest BCUT2D eigenvalue weighted by molar-refractivity contribution is 7.92. The van der Waals surface area contributed by atoms with Gasteiger partial charge in [0.15, 0.2) is 15.1 Å². The van der Waals surface area contributed by atoms with Crippen LogP contribution in [-0.2, 0) is 9.84 Å². The van der Waals surface area contributed by atoms with Crippen molar-refractivity contribution in [2.24, 2.45) is 5.92 Å². The number of hydrogen-bond donors (Lipinski definition) is 0. The molecule has 0 aliphatic heterocycles. The summed E-state index contributed by atoms with van der Waals surface area (Å²) in [6.45, 7) is 7.64. The van der Waals surface area contributed by atoms with Crippen molar-refractivity contribution in [2.75, 3.05) is 0 Å². The average Bonchev–Trinajstić information content (AvgIpc) is 2.33. The van der Waals surface area contributed by atoms with E-state index >= 15 is 0 Å². The first kappa shape index (κ1) is 15.7. The second-order valence-corrected chi connectivity index (χ2v) is 7.18. The Morgan fingerprint density at radius 3 is 2.37 bits per heavy atom. The fourth-order valence-corrected chi connectivity index (χ4v) is 3.93. The van der Waals surface area contributed by atoms with Crippen LogP contribution >= 0.6 is 0 Å². The van der Waals surface area contributed by atoms with Gasteiger partial charge in [-0.15, -0.1) is 0 Å². The van der Waals surface area contributed by atoms with E-state index in [1.807, 2.05) is 33.8 Å². The van der Waals surface area contributed by atoms with Gasteiger partial charge in [0.2, 0.25) is 0 Å². The predicted octanol–water partition coefficient (Wildman–Crippen LogP) is 3.41. The topological polar surface area (TPSA) is 57.9 Å². The van der Waals surface area contributed by atoms with E-state index in [9.17, 15) is 13.7 Å². The number of sulfone groups is 1. The Labute approximate surface area is 116 Å². The Kier molecular flexibility index (Phi) is 5.13. The van der Waals surface area contributed by atoms with Gasteiger partial charge in [0.1, 0.15) is 0 Å². The molecule has 104 valence electrons. The zero-order valence-corrected chi connectivity index (χ0v) is 12.8. The Morgan fingerprint density at radius 2 is 1.89 bits per heavy atom. The maximum Gasteiger partial charge on any atom is 0.194 e. The largest absolute Gasteiger partial charge is 0.222 e. The molecule has 3 nitrogen and oxygen atoms in total. The molecule has 1 rings (SSSR count). The summed E-state index contributed by atoms with van der Waals surface area (Å²) < 4.78 is 25.0. The molecule has 4 heteroatoms. The van der Waals surface area contributed by atoms with Gasteiger partial charge in [-0.05, 0) is 49.4 Å². The highest BCUT2D eigenvalue weighted by Gasteiger charge is 2.32. The van der Waals surface area contributed by atoms with E-state index in [0.29, 0.717) is 0 Å². The zero-order valence-electron chi connectivity index (χ0n) is 12.0. The van der Waals surface area contributed by atoms with Crippen molar-refractivity contribution < 1.29 is 8.42 Å². The van der Waals surface area contributed by atoms with Crippen molar-refractivity contribution in [3.05, 3.63) is 29.3 Å². The molecule has 0 aliphatic carbocycles. The first-order chi connectivity index (χ1) is 8.84. The summed E-state index contributed by atoms with van der Waals surface area (Å²) in [6, 6.07) is 7.02. The Hall–Kier alpha value is -1.34. The molecule has 0 heterocycles. The van der Waals surface area contributed by atoms with Crippen LogP contribution in [0.3, 0.4) is 0 Å². The van der Waals surface area contributed by atoms with Crippen molar-refractivity contribution in [1.29, 1.82) is 5.26 Å². The van der Waals surface area contributed by atoms with Crippen molar-refractivity contribution in [3.8, 4) is 6.07 Å². The number of benzene rings is 1. The van der Waals surface area contributed by atoms with Gasteiger partial charge in [-0.25, -0.2) is 8.42 Å². The number of rotatable bonds is 5. The lowest BCUT2D eigenvalue weighted by atomic mass is 10.0. The van der Waals surface area contributed by atoms with Crippen LogP contribution in [0.5, 0.6) is 0 Å². The molecule has 0 saturated heterocycles. The standard InChI is InChI=1S/C15H21NO2S/c1-5-6-12(3)15(10-16)19(17,18)14-8-7-11(2)13(4)9-14/h7-9,12,15H,5-6H2,1-4H3. The van der Waals surface area contributed by atoms with E-state index in [-0.39, 0.29) is 10.8 Å². The summed E-state index contributed by atoms with van der Waals surface area (Å²) in [5.74, 6) is -0.151. The maximum absolute atomic E-state index is 12.5. The summed E-state index contributed by atoms with van der Waals surface area (Å²) in [5, 5.41) is 8.25. The van der Waals surface area contributed by atoms with E-state index in [4.69, 9.17) is 0 Å². The smallest absolute Gasteiger partial charge is 0.194 e. The molecule has 0 saturated carbocycles. The van der Waals surface area contributed by atoms with E-state index in [1.54, 1.807) is 18.2 Å². The summed E-state index contributed by atoms with van der Waals surface area (Å²) in [5.41, 5.74) is 1.98. The van der Waals surface area contributed by atoms with Gasteiger partial charge in [-0.1, -0.05) is 26.3 Å². The molecule has 0 aromatic heterocycles. The zero-order chi connectivity index (χ0) is 14.6. The summed E-state index contributed by atoms with van der Waals surface area (Å²) in [6.07, 6.45) is 1.62. The van der Waals surface area contributed by atoms with Gasteiger partial charge in [-0.2, -0.15) is 5.26 Å². The van der Waals surface area contributed by atoms with Crippen LogP contribution < -0.4 is 0 Å². The van der Waals surface area contributed by atoms with Crippen LogP contribution in [0.15, 0.2) is 23.1 Å². The quantitative estimate of drug-likeness (QED) is 0.830. The second-order valence-electron chi connectivity index (χ2n) is 5.11. The van der Waals surface area contributed by atoms with Crippen molar-refractivity contribution in [3.63, 3.8) is 0 Å². The number of aryl methyl sites for hydroxylation is 2. The third kappa shape index (κ3) is 3.36. The molecule has 0 bridgehead atoms. The van der Waals surface area contributed by atoms with E-state index in [0.717, 1.165) is 24.0 Å². The number of nitrogens with zero attached hydrogens (tertiary/aromatic N) is 1. The van der Waals surface area contributed by atoms with Gasteiger partial charge in [0, 0.05) is 0 Å². The Bertz CT molecular complexity index is 585. The van der Waals surface area contributed by atoms with Crippen molar-refractivity contribution in [1.82, 2.24) is 0 Å². The fourth-order valence-electron chi connectivity index (χ4n) is 2.15. The van der Waals surface area contributed by atoms with Gasteiger partial charge in [-0.3, -0.25) is 0 Å². The van der Waals surface area contributed by atoms with Crippen LogP contribution in [0, 0.1) is 31.1 Å². The lowest BCUT2D eigenvalue weighted by Gasteiger charge is -2.18. The minimum absolute atomic E-state index is 0.151. The predicted molar refractivity (Wildman–Crippen MR) is 76.6 cm³/mol. The summed E-state index contributed by atoms with van der Waals surface area (Å²) >= 11 is 0. The average molecular weight is 279 g/mol. The van der Waals surface area contributed by atoms with Gasteiger partial charge >= 0.3 is 0 Å². The molecule has 2 unspecified atom stereocenters. The third-order valence-corrected chi connectivity index (χ3v) is 5.68. The normalized spacial score (nSPS) is 14.7. The SMILES string of the molecule is CCCC(C)C(C#N)S(=O)(=O)c1ccc(C)c(C)c1. The molecular formula is C15H21NO2S. The molecule has 0 aliphatic rings. The molecule has 1 aromatic rings. The van der Waals surface area contributed by atoms with Crippen LogP contribution in [0.1, 0.15) is 37.8 Å². The Balaban J connectivity index is 3.21. The van der Waals surface area contributed by atoms with E-state index < -0.39 is 15.1 Å². The van der Waals surface area contributed by atoms with Crippen LogP contribution in [0.4, 0.5) is 0 Å². The summed E-state index contributed by atoms with van der Waals surface area (Å²) in [7, 11) is -3.57. The molecule has 2 atom stereocenters. The lowest BCUT2D eigenvalue weighted by molar-refractivity contribution is 0.511. The van der Waals surface area contributed by atoms with Gasteiger partial charge in [0.25, 0.3) is 0 Å². The van der Waals surface area contributed by atoms with Crippen LogP contribution in [0.2, 0.25) is 0 Å². The van der Waals surface area contributed by atoms with Crippen molar-refractivity contribution >= 4 is 9.84 Å². The molecular weight excluding hydrogens is 258 g/mol. The molecule has 0 spiro atoms. The van der Waals surface area contributed by atoms with Crippen molar-refractivity contribution in [2.45, 2.75) is 50.7 Å². The maximum atomic E-state index is 12.5. The molecule has 0 fully saturated rings. The highest BCUT2D eigenvalue weighted by Crippen LogP contribution is 2.25. The molecule has 19 heavy (non-hydrogen) atoms. The third-order valence-electron chi connectivity index (χ3n) is 3.53. The van der Waals surface area contributed by atoms with E-state index in [1.165, 1.54) is 0 Å². The minimum atomic E-state index is -3.57. The Morgan fingerprint density at radius 1 is 1.26 bits per heavy atom. The summed E-state index contributed by atoms with van der Waals surface area (Å²) in [4.78, 5) is 0.255. The van der Waals surface area contributed by atoms with Gasteiger partial charge < -0.3 is 0 Å². The molecule has 1 aromatic carbocycles. The first-order valence-corrected chi connectivity index (χ1v) is 8.10. The lowest BCUT2D eigenvalue weighted by Crippen LogP contribution is -2.27. The van der Waals surface area contributed by atoms with Crippen LogP contribution in [-0.4, -0.2) is 13.7 Å². The minimum Gasteiger partial charge on any atom is -0.222 e. The molecule has 0 amide bonds. The van der Waals surface area contributed by atoms with E-state index in [2.05, 4.69) is 0 Å². The van der Waals surface area contributed by atoms with Crippen LogP contribution in [0.25, 0.3) is 0 Å². The molecule has 0 N–H and O–H groups in total. The number of nitriles is 1. The fraction of sp³-hybridized carbons (Fsp3) is 0.533. The highest BCUT2D eigenvalue weighted by atomic mass is 32.2. The second kappa shape index (κ2) is 6.21. The first-order valence-electron chi connectivity index (χ1n) is 6.55. The monoisotopic (exact) mass is 279 g/mol. The van der Waals surface area contributed by atoms with Gasteiger partial charge in [0.05, 0.1) is 11.0 Å².